The molecule has 1 saturated heterocycles. The van der Waals surface area contributed by atoms with Crippen molar-refractivity contribution in [3.8, 4) is 5.75 Å². The number of nitro benzene ring substituents is 1. The maximum Gasteiger partial charge on any atom is 0.293 e. The van der Waals surface area contributed by atoms with Crippen LogP contribution < -0.4 is 4.74 Å². The molecule has 7 nitrogen and oxygen atoms in total. The fourth-order valence-corrected chi connectivity index (χ4v) is 3.82. The van der Waals surface area contributed by atoms with Crippen LogP contribution in [0.25, 0.3) is 6.08 Å². The Morgan fingerprint density at radius 2 is 2.04 bits per heavy atom. The van der Waals surface area contributed by atoms with E-state index in [-0.39, 0.29) is 23.7 Å². The van der Waals surface area contributed by atoms with Crippen LogP contribution >= 0.6 is 27.7 Å². The molecule has 0 radical (unpaired) electrons. The van der Waals surface area contributed by atoms with Crippen LogP contribution in [0.4, 0.5) is 10.5 Å². The zero-order chi connectivity index (χ0) is 20.3. The zero-order valence-electron chi connectivity index (χ0n) is 14.8. The number of carbonyl (C=O) groups excluding carboxylic acids is 2. The summed E-state index contributed by atoms with van der Waals surface area (Å²) in [6.45, 7) is 2.25. The lowest BCUT2D eigenvalue weighted by Crippen LogP contribution is -2.32. The van der Waals surface area contributed by atoms with E-state index in [1.807, 2.05) is 25.1 Å². The number of thioether (sulfide) groups is 1. The topological polar surface area (TPSA) is 89.8 Å². The van der Waals surface area contributed by atoms with Gasteiger partial charge < -0.3 is 4.74 Å². The SMILES string of the molecule is Cc1cccc(OCCN2C(=O)S/C(=C\c3ccc(Br)c([N+](=O)[O-])c3)C2=O)c1. The molecular weight excluding hydrogens is 448 g/mol. The fraction of sp³-hybridized carbons (Fsp3) is 0.158. The summed E-state index contributed by atoms with van der Waals surface area (Å²) in [5, 5.41) is 10.6. The molecule has 0 atom stereocenters. The molecule has 28 heavy (non-hydrogen) atoms. The van der Waals surface area contributed by atoms with Gasteiger partial charge in [0, 0.05) is 6.07 Å². The van der Waals surface area contributed by atoms with E-state index in [0.717, 1.165) is 22.2 Å². The predicted molar refractivity (Wildman–Crippen MR) is 110 cm³/mol. The molecule has 2 aromatic carbocycles. The molecule has 0 aliphatic carbocycles. The standard InChI is InChI=1S/C19H15BrN2O5S/c1-12-3-2-4-14(9-12)27-8-7-21-18(23)17(28-19(21)24)11-13-5-6-15(20)16(10-13)22(25)26/h2-6,9-11H,7-8H2,1H3/b17-11-. The highest BCUT2D eigenvalue weighted by atomic mass is 79.9. The third kappa shape index (κ3) is 4.60. The van der Waals surface area contributed by atoms with Crippen molar-refractivity contribution >= 4 is 50.6 Å². The van der Waals surface area contributed by atoms with Crippen molar-refractivity contribution in [2.75, 3.05) is 13.2 Å². The van der Waals surface area contributed by atoms with Gasteiger partial charge in [-0.15, -0.1) is 0 Å². The summed E-state index contributed by atoms with van der Waals surface area (Å²) in [5.41, 5.74) is 1.41. The smallest absolute Gasteiger partial charge is 0.293 e. The van der Waals surface area contributed by atoms with Gasteiger partial charge in [-0.3, -0.25) is 24.6 Å². The number of rotatable bonds is 6. The molecule has 0 saturated carbocycles. The van der Waals surface area contributed by atoms with Crippen molar-refractivity contribution in [2.24, 2.45) is 0 Å². The summed E-state index contributed by atoms with van der Waals surface area (Å²) >= 11 is 3.92. The van der Waals surface area contributed by atoms with Gasteiger partial charge in [-0.1, -0.05) is 18.2 Å². The third-order valence-corrected chi connectivity index (χ3v) is 5.49. The Kier molecular flexibility index (Phi) is 6.15. The number of imide groups is 1. The van der Waals surface area contributed by atoms with Gasteiger partial charge in [0.15, 0.2) is 0 Å². The minimum Gasteiger partial charge on any atom is -0.492 e. The van der Waals surface area contributed by atoms with Crippen LogP contribution in [0.15, 0.2) is 51.8 Å². The fourth-order valence-electron chi connectivity index (χ4n) is 2.56. The summed E-state index contributed by atoms with van der Waals surface area (Å²) in [4.78, 5) is 36.5. The number of ether oxygens (including phenoxy) is 1. The van der Waals surface area contributed by atoms with Crippen LogP contribution in [0.1, 0.15) is 11.1 Å². The highest BCUT2D eigenvalue weighted by Crippen LogP contribution is 2.33. The maximum atomic E-state index is 12.5. The van der Waals surface area contributed by atoms with E-state index < -0.39 is 16.1 Å². The number of amides is 2. The molecule has 0 spiro atoms. The monoisotopic (exact) mass is 462 g/mol. The highest BCUT2D eigenvalue weighted by Gasteiger charge is 2.34. The van der Waals surface area contributed by atoms with Gasteiger partial charge in [-0.2, -0.15) is 0 Å². The summed E-state index contributed by atoms with van der Waals surface area (Å²) < 4.78 is 5.94. The molecule has 3 rings (SSSR count). The van der Waals surface area contributed by atoms with Gasteiger partial charge in [-0.25, -0.2) is 0 Å². The molecule has 1 fully saturated rings. The number of benzene rings is 2. The first-order valence-electron chi connectivity index (χ1n) is 8.24. The molecule has 2 aromatic rings. The Hall–Kier alpha value is -2.65. The van der Waals surface area contributed by atoms with Crippen molar-refractivity contribution in [1.29, 1.82) is 0 Å². The summed E-state index contributed by atoms with van der Waals surface area (Å²) in [6, 6.07) is 12.0. The van der Waals surface area contributed by atoms with E-state index >= 15 is 0 Å². The lowest BCUT2D eigenvalue weighted by atomic mass is 10.2. The molecule has 0 unspecified atom stereocenters. The van der Waals surface area contributed by atoms with Crippen molar-refractivity contribution in [3.05, 3.63) is 73.1 Å². The summed E-state index contributed by atoms with van der Waals surface area (Å²) in [6.07, 6.45) is 1.48. The Bertz CT molecular complexity index is 992. The number of nitro groups is 1. The van der Waals surface area contributed by atoms with E-state index in [1.54, 1.807) is 12.1 Å². The molecule has 9 heteroatoms. The average molecular weight is 463 g/mol. The maximum absolute atomic E-state index is 12.5. The van der Waals surface area contributed by atoms with Gasteiger partial charge in [0.1, 0.15) is 12.4 Å². The van der Waals surface area contributed by atoms with Gasteiger partial charge in [0.05, 0.1) is 20.8 Å². The van der Waals surface area contributed by atoms with Crippen molar-refractivity contribution in [2.45, 2.75) is 6.92 Å². The minimum atomic E-state index is -0.518. The first-order chi connectivity index (χ1) is 13.3. The largest absolute Gasteiger partial charge is 0.492 e. The quantitative estimate of drug-likeness (QED) is 0.348. The third-order valence-electron chi connectivity index (χ3n) is 3.91. The van der Waals surface area contributed by atoms with E-state index in [9.17, 15) is 19.7 Å². The van der Waals surface area contributed by atoms with Gasteiger partial charge in [0.2, 0.25) is 0 Å². The number of halogens is 1. The molecular formula is C19H15BrN2O5S. The number of hydrogen-bond acceptors (Lipinski definition) is 6. The van der Waals surface area contributed by atoms with E-state index in [4.69, 9.17) is 4.74 Å². The second kappa shape index (κ2) is 8.57. The van der Waals surface area contributed by atoms with E-state index in [2.05, 4.69) is 15.9 Å². The number of hydrogen-bond donors (Lipinski definition) is 0. The van der Waals surface area contributed by atoms with Crippen LogP contribution in [0.5, 0.6) is 5.75 Å². The van der Waals surface area contributed by atoms with E-state index in [1.165, 1.54) is 18.2 Å². The first-order valence-corrected chi connectivity index (χ1v) is 9.85. The molecule has 1 heterocycles. The zero-order valence-corrected chi connectivity index (χ0v) is 17.2. The van der Waals surface area contributed by atoms with Gasteiger partial charge in [-0.05, 0) is 70.0 Å². The first kappa shape index (κ1) is 20.1. The van der Waals surface area contributed by atoms with Crippen LogP contribution in [0.2, 0.25) is 0 Å². The summed E-state index contributed by atoms with van der Waals surface area (Å²) in [7, 11) is 0. The molecule has 0 N–H and O–H groups in total. The molecule has 0 bridgehead atoms. The normalized spacial score (nSPS) is 15.4. The molecule has 1 aliphatic rings. The molecule has 144 valence electrons. The second-order valence-corrected chi connectivity index (χ2v) is 7.81. The Labute approximate surface area is 173 Å². The van der Waals surface area contributed by atoms with Crippen LogP contribution in [0.3, 0.4) is 0 Å². The second-order valence-electron chi connectivity index (χ2n) is 5.97. The number of aryl methyl sites for hydroxylation is 1. The van der Waals surface area contributed by atoms with Crippen LogP contribution in [0, 0.1) is 17.0 Å². The highest BCUT2D eigenvalue weighted by molar-refractivity contribution is 9.10. The average Bonchev–Trinajstić information content (AvgIpc) is 2.90. The minimum absolute atomic E-state index is 0.112. The lowest BCUT2D eigenvalue weighted by Gasteiger charge is -2.13. The van der Waals surface area contributed by atoms with Crippen LogP contribution in [-0.2, 0) is 4.79 Å². The summed E-state index contributed by atoms with van der Waals surface area (Å²) in [5.74, 6) is 0.234. The Balaban J connectivity index is 1.68. The Morgan fingerprint density at radius 1 is 1.25 bits per heavy atom. The van der Waals surface area contributed by atoms with Gasteiger partial charge >= 0.3 is 0 Å². The van der Waals surface area contributed by atoms with Gasteiger partial charge in [0.25, 0.3) is 16.8 Å². The molecule has 2 amide bonds. The van der Waals surface area contributed by atoms with Crippen molar-refractivity contribution in [1.82, 2.24) is 4.90 Å². The predicted octanol–water partition coefficient (Wildman–Crippen LogP) is 4.78. The number of nitrogens with zero attached hydrogens (tertiary/aromatic N) is 2. The van der Waals surface area contributed by atoms with Crippen molar-refractivity contribution in [3.63, 3.8) is 0 Å². The Morgan fingerprint density at radius 3 is 2.75 bits per heavy atom. The number of carbonyl (C=O) groups is 2. The molecule has 0 aromatic heterocycles. The van der Waals surface area contributed by atoms with E-state index in [0.29, 0.717) is 15.8 Å². The van der Waals surface area contributed by atoms with Crippen LogP contribution in [-0.4, -0.2) is 34.1 Å². The van der Waals surface area contributed by atoms with Crippen molar-refractivity contribution < 1.29 is 19.2 Å². The molecule has 1 aliphatic heterocycles. The lowest BCUT2D eigenvalue weighted by molar-refractivity contribution is -0.385.